The Balaban J connectivity index is 2.01. The van der Waals surface area contributed by atoms with Gasteiger partial charge in [-0.2, -0.15) is 0 Å². The summed E-state index contributed by atoms with van der Waals surface area (Å²) in [6.07, 6.45) is 2.69. The molecule has 0 N–H and O–H groups in total. The Bertz CT molecular complexity index is 345. The van der Waals surface area contributed by atoms with Crippen LogP contribution in [-0.4, -0.2) is 25.0 Å². The minimum atomic E-state index is 0.824. The fourth-order valence-corrected chi connectivity index (χ4v) is 3.20. The standard InChI is InChI=1S/C13H17N/c1-14-8-11-7-6-10-4-2-3-5-12(10)13(11)9-14/h2-5,11,13H,6-9H2,1H3/t11-,13+/m1/s1. The van der Waals surface area contributed by atoms with E-state index in [4.69, 9.17) is 0 Å². The van der Waals surface area contributed by atoms with Crippen molar-refractivity contribution >= 4 is 0 Å². The molecule has 1 aliphatic carbocycles. The Hall–Kier alpha value is -0.820. The molecule has 3 rings (SSSR count). The van der Waals surface area contributed by atoms with Gasteiger partial charge in [-0.15, -0.1) is 0 Å². The molecule has 0 aromatic heterocycles. The molecule has 1 aliphatic heterocycles. The maximum atomic E-state index is 2.48. The molecule has 1 saturated heterocycles. The van der Waals surface area contributed by atoms with Crippen LogP contribution in [0.15, 0.2) is 24.3 Å². The summed E-state index contributed by atoms with van der Waals surface area (Å²) in [4.78, 5) is 2.48. The van der Waals surface area contributed by atoms with E-state index in [2.05, 4.69) is 36.2 Å². The Morgan fingerprint density at radius 2 is 2.07 bits per heavy atom. The Morgan fingerprint density at radius 3 is 3.00 bits per heavy atom. The third-order valence-corrected chi connectivity index (χ3v) is 3.86. The molecule has 1 fully saturated rings. The second-order valence-electron chi connectivity index (χ2n) is 4.83. The molecule has 0 saturated carbocycles. The Labute approximate surface area is 85.7 Å². The Morgan fingerprint density at radius 1 is 1.21 bits per heavy atom. The van der Waals surface area contributed by atoms with Gasteiger partial charge in [0.15, 0.2) is 0 Å². The van der Waals surface area contributed by atoms with Crippen molar-refractivity contribution in [2.45, 2.75) is 18.8 Å². The first kappa shape index (κ1) is 8.49. The lowest BCUT2D eigenvalue weighted by atomic mass is 9.77. The first-order chi connectivity index (χ1) is 6.84. The summed E-state index contributed by atoms with van der Waals surface area (Å²) in [6.45, 7) is 2.57. The first-order valence-electron chi connectivity index (χ1n) is 5.61. The number of nitrogens with zero attached hydrogens (tertiary/aromatic N) is 1. The van der Waals surface area contributed by atoms with Gasteiger partial charge in [-0.05, 0) is 36.9 Å². The highest BCUT2D eigenvalue weighted by atomic mass is 15.1. The zero-order valence-corrected chi connectivity index (χ0v) is 8.74. The number of rotatable bonds is 0. The van der Waals surface area contributed by atoms with Gasteiger partial charge in [0.25, 0.3) is 0 Å². The van der Waals surface area contributed by atoms with Crippen molar-refractivity contribution in [2.75, 3.05) is 20.1 Å². The van der Waals surface area contributed by atoms with Gasteiger partial charge in [0.05, 0.1) is 0 Å². The van der Waals surface area contributed by atoms with Crippen molar-refractivity contribution in [3.63, 3.8) is 0 Å². The van der Waals surface area contributed by atoms with Gasteiger partial charge >= 0.3 is 0 Å². The lowest BCUT2D eigenvalue weighted by Gasteiger charge is -2.27. The van der Waals surface area contributed by atoms with Crippen LogP contribution in [0, 0.1) is 5.92 Å². The molecule has 1 aromatic carbocycles. The molecule has 0 unspecified atom stereocenters. The van der Waals surface area contributed by atoms with Crippen molar-refractivity contribution in [2.24, 2.45) is 5.92 Å². The number of likely N-dealkylation sites (tertiary alicyclic amines) is 1. The molecule has 2 atom stereocenters. The number of aryl methyl sites for hydroxylation is 1. The summed E-state index contributed by atoms with van der Waals surface area (Å²) in [5.41, 5.74) is 3.23. The molecular formula is C13H17N. The summed E-state index contributed by atoms with van der Waals surface area (Å²) < 4.78 is 0. The van der Waals surface area contributed by atoms with Crippen LogP contribution in [0.4, 0.5) is 0 Å². The van der Waals surface area contributed by atoms with E-state index in [9.17, 15) is 0 Å². The van der Waals surface area contributed by atoms with Crippen molar-refractivity contribution in [1.82, 2.24) is 4.90 Å². The van der Waals surface area contributed by atoms with Crippen LogP contribution in [0.5, 0.6) is 0 Å². The largest absolute Gasteiger partial charge is 0.305 e. The molecular weight excluding hydrogens is 170 g/mol. The van der Waals surface area contributed by atoms with Gasteiger partial charge in [0.2, 0.25) is 0 Å². The number of hydrogen-bond donors (Lipinski definition) is 0. The molecule has 14 heavy (non-hydrogen) atoms. The molecule has 2 aliphatic rings. The van der Waals surface area contributed by atoms with Crippen LogP contribution in [0.2, 0.25) is 0 Å². The number of hydrogen-bond acceptors (Lipinski definition) is 1. The predicted octanol–water partition coefficient (Wildman–Crippen LogP) is 2.28. The molecule has 1 aromatic rings. The van der Waals surface area contributed by atoms with Gasteiger partial charge in [-0.3, -0.25) is 0 Å². The lowest BCUT2D eigenvalue weighted by molar-refractivity contribution is 0.387. The third-order valence-electron chi connectivity index (χ3n) is 3.86. The van der Waals surface area contributed by atoms with E-state index >= 15 is 0 Å². The summed E-state index contributed by atoms with van der Waals surface area (Å²) in [6, 6.07) is 9.02. The number of likely N-dealkylation sites (N-methyl/N-ethyl adjacent to an activating group) is 1. The maximum Gasteiger partial charge on any atom is 0.00506 e. The van der Waals surface area contributed by atoms with E-state index in [1.165, 1.54) is 25.9 Å². The molecule has 0 bridgehead atoms. The van der Waals surface area contributed by atoms with Crippen molar-refractivity contribution in [1.29, 1.82) is 0 Å². The molecule has 0 radical (unpaired) electrons. The highest BCUT2D eigenvalue weighted by Gasteiger charge is 2.35. The minimum Gasteiger partial charge on any atom is -0.305 e. The van der Waals surface area contributed by atoms with Crippen molar-refractivity contribution < 1.29 is 0 Å². The van der Waals surface area contributed by atoms with Crippen molar-refractivity contribution in [3.05, 3.63) is 35.4 Å². The van der Waals surface area contributed by atoms with Crippen LogP contribution >= 0.6 is 0 Å². The molecule has 1 heteroatoms. The predicted molar refractivity (Wildman–Crippen MR) is 58.5 cm³/mol. The van der Waals surface area contributed by atoms with Crippen LogP contribution in [0.25, 0.3) is 0 Å². The van der Waals surface area contributed by atoms with Gasteiger partial charge in [-0.25, -0.2) is 0 Å². The smallest absolute Gasteiger partial charge is 0.00506 e. The fraction of sp³-hybridized carbons (Fsp3) is 0.538. The summed E-state index contributed by atoms with van der Waals surface area (Å²) >= 11 is 0. The monoisotopic (exact) mass is 187 g/mol. The highest BCUT2D eigenvalue weighted by molar-refractivity contribution is 5.34. The van der Waals surface area contributed by atoms with Gasteiger partial charge < -0.3 is 4.90 Å². The van der Waals surface area contributed by atoms with Crippen LogP contribution in [-0.2, 0) is 6.42 Å². The highest BCUT2D eigenvalue weighted by Crippen LogP contribution is 2.40. The first-order valence-corrected chi connectivity index (χ1v) is 5.61. The Kier molecular flexibility index (Phi) is 1.88. The fourth-order valence-electron chi connectivity index (χ4n) is 3.20. The molecule has 74 valence electrons. The number of benzene rings is 1. The second kappa shape index (κ2) is 3.09. The van der Waals surface area contributed by atoms with E-state index < -0.39 is 0 Å². The summed E-state index contributed by atoms with van der Waals surface area (Å²) in [5, 5.41) is 0. The average molecular weight is 187 g/mol. The quantitative estimate of drug-likeness (QED) is 0.602. The average Bonchev–Trinajstić information content (AvgIpc) is 2.59. The molecule has 0 spiro atoms. The van der Waals surface area contributed by atoms with E-state index in [1.54, 1.807) is 11.1 Å². The lowest BCUT2D eigenvalue weighted by Crippen LogP contribution is -2.18. The van der Waals surface area contributed by atoms with E-state index in [0.29, 0.717) is 0 Å². The van der Waals surface area contributed by atoms with Gasteiger partial charge in [0.1, 0.15) is 0 Å². The van der Waals surface area contributed by atoms with Crippen LogP contribution in [0.3, 0.4) is 0 Å². The zero-order valence-electron chi connectivity index (χ0n) is 8.74. The van der Waals surface area contributed by atoms with Crippen LogP contribution < -0.4 is 0 Å². The van der Waals surface area contributed by atoms with Gasteiger partial charge in [-0.1, -0.05) is 24.3 Å². The topological polar surface area (TPSA) is 3.24 Å². The minimum absolute atomic E-state index is 0.824. The normalized spacial score (nSPS) is 31.2. The SMILES string of the molecule is CN1C[C@H]2CCc3ccccc3[C@H]2C1. The number of fused-ring (bicyclic) bond motifs is 3. The van der Waals surface area contributed by atoms with E-state index in [1.807, 2.05) is 0 Å². The second-order valence-corrected chi connectivity index (χ2v) is 4.83. The van der Waals surface area contributed by atoms with E-state index in [0.717, 1.165) is 11.8 Å². The van der Waals surface area contributed by atoms with Crippen molar-refractivity contribution in [3.8, 4) is 0 Å². The third kappa shape index (κ3) is 1.19. The summed E-state index contributed by atoms with van der Waals surface area (Å²) in [7, 11) is 2.25. The van der Waals surface area contributed by atoms with E-state index in [-0.39, 0.29) is 0 Å². The zero-order chi connectivity index (χ0) is 9.54. The maximum absolute atomic E-state index is 2.48. The molecule has 1 nitrogen and oxygen atoms in total. The molecule has 1 heterocycles. The van der Waals surface area contributed by atoms with Crippen LogP contribution in [0.1, 0.15) is 23.5 Å². The van der Waals surface area contributed by atoms with Gasteiger partial charge in [0, 0.05) is 19.0 Å². The molecule has 0 amide bonds. The summed E-state index contributed by atoms with van der Waals surface area (Å²) in [5.74, 6) is 1.75.